The van der Waals surface area contributed by atoms with Crippen molar-refractivity contribution in [2.24, 2.45) is 11.3 Å². The van der Waals surface area contributed by atoms with Crippen LogP contribution in [0.25, 0.3) is 0 Å². The second kappa shape index (κ2) is 4.12. The molecule has 0 aliphatic heterocycles. The number of hydrogen-bond acceptors (Lipinski definition) is 3. The van der Waals surface area contributed by atoms with Crippen LogP contribution in [0.5, 0.6) is 0 Å². The first-order valence-corrected chi connectivity index (χ1v) is 5.73. The molecule has 0 radical (unpaired) electrons. The van der Waals surface area contributed by atoms with E-state index in [2.05, 4.69) is 6.92 Å². The van der Waals surface area contributed by atoms with Gasteiger partial charge in [0.25, 0.3) is 0 Å². The van der Waals surface area contributed by atoms with E-state index in [0.29, 0.717) is 25.4 Å². The van der Waals surface area contributed by atoms with Crippen molar-refractivity contribution in [3.63, 3.8) is 0 Å². The largest absolute Gasteiger partial charge is 0.465 e. The van der Waals surface area contributed by atoms with Crippen LogP contribution in [0.4, 0.5) is 0 Å². The zero-order valence-corrected chi connectivity index (χ0v) is 10.2. The fraction of sp³-hybridized carbons (Fsp3) is 0.917. The number of ether oxygens (including phenoxy) is 1. The summed E-state index contributed by atoms with van der Waals surface area (Å²) >= 11 is 0. The van der Waals surface area contributed by atoms with E-state index in [-0.39, 0.29) is 5.97 Å². The van der Waals surface area contributed by atoms with Gasteiger partial charge in [-0.2, -0.15) is 0 Å². The van der Waals surface area contributed by atoms with E-state index in [0.717, 1.165) is 6.42 Å². The maximum Gasteiger partial charge on any atom is 0.314 e. The minimum absolute atomic E-state index is 0.290. The Bertz CT molecular complexity index is 247. The number of esters is 1. The predicted octanol–water partition coefficient (Wildman–Crippen LogP) is 2.13. The maximum atomic E-state index is 11.8. The van der Waals surface area contributed by atoms with Gasteiger partial charge >= 0.3 is 5.97 Å². The molecule has 0 aromatic heterocycles. The molecule has 1 fully saturated rings. The second-order valence-corrected chi connectivity index (χ2v) is 5.23. The summed E-state index contributed by atoms with van der Waals surface area (Å²) in [7, 11) is 0. The average Bonchev–Trinajstić information content (AvgIpc) is 2.48. The molecule has 0 aromatic carbocycles. The summed E-state index contributed by atoms with van der Waals surface area (Å²) in [4.78, 5) is 11.8. The smallest absolute Gasteiger partial charge is 0.314 e. The number of carbonyl (C=O) groups excluding carboxylic acids is 1. The van der Waals surface area contributed by atoms with Crippen LogP contribution in [0, 0.1) is 11.3 Å². The Morgan fingerprint density at radius 3 is 2.60 bits per heavy atom. The minimum atomic E-state index is -0.890. The normalized spacial score (nSPS) is 31.7. The van der Waals surface area contributed by atoms with Crippen LogP contribution >= 0.6 is 0 Å². The number of rotatable bonds is 3. The quantitative estimate of drug-likeness (QED) is 0.732. The molecule has 0 saturated heterocycles. The molecular weight excluding hydrogens is 192 g/mol. The van der Waals surface area contributed by atoms with Crippen LogP contribution in [-0.2, 0) is 9.53 Å². The molecule has 3 nitrogen and oxygen atoms in total. The van der Waals surface area contributed by atoms with Crippen molar-refractivity contribution in [3.8, 4) is 0 Å². The van der Waals surface area contributed by atoms with Crippen molar-refractivity contribution >= 4 is 5.97 Å². The number of aliphatic hydroxyl groups is 1. The van der Waals surface area contributed by atoms with E-state index in [1.807, 2.05) is 0 Å². The van der Waals surface area contributed by atoms with Gasteiger partial charge in [-0.25, -0.2) is 0 Å². The van der Waals surface area contributed by atoms with E-state index in [4.69, 9.17) is 4.74 Å². The summed E-state index contributed by atoms with van der Waals surface area (Å²) in [6.07, 6.45) is 2.37. The van der Waals surface area contributed by atoms with Crippen molar-refractivity contribution in [2.45, 2.75) is 52.6 Å². The Morgan fingerprint density at radius 1 is 1.60 bits per heavy atom. The fourth-order valence-electron chi connectivity index (χ4n) is 2.33. The topological polar surface area (TPSA) is 46.5 Å². The van der Waals surface area contributed by atoms with Crippen LogP contribution in [0.3, 0.4) is 0 Å². The highest BCUT2D eigenvalue weighted by molar-refractivity contribution is 5.77. The summed E-state index contributed by atoms with van der Waals surface area (Å²) < 4.78 is 5.02. The van der Waals surface area contributed by atoms with Crippen molar-refractivity contribution in [1.82, 2.24) is 0 Å². The number of hydrogen-bond donors (Lipinski definition) is 1. The van der Waals surface area contributed by atoms with E-state index in [1.165, 1.54) is 0 Å². The van der Waals surface area contributed by atoms with Crippen LogP contribution in [0.15, 0.2) is 0 Å². The Labute approximate surface area is 91.8 Å². The molecule has 15 heavy (non-hydrogen) atoms. The Kier molecular flexibility index (Phi) is 3.44. The van der Waals surface area contributed by atoms with Gasteiger partial charge < -0.3 is 9.84 Å². The lowest BCUT2D eigenvalue weighted by Crippen LogP contribution is -2.48. The van der Waals surface area contributed by atoms with Crippen molar-refractivity contribution in [3.05, 3.63) is 0 Å². The van der Waals surface area contributed by atoms with Crippen LogP contribution < -0.4 is 0 Å². The van der Waals surface area contributed by atoms with Crippen LogP contribution in [-0.4, -0.2) is 23.3 Å². The molecule has 1 aliphatic carbocycles. The lowest BCUT2D eigenvalue weighted by atomic mass is 9.73. The van der Waals surface area contributed by atoms with Crippen LogP contribution in [0.1, 0.15) is 47.0 Å². The highest BCUT2D eigenvalue weighted by atomic mass is 16.5. The van der Waals surface area contributed by atoms with Gasteiger partial charge in [-0.3, -0.25) is 4.79 Å². The molecule has 1 rings (SSSR count). The SMILES string of the molecule is CCOC(=O)C(C)(C)[C@@]1(O)CC[C@@H](C)C1. The lowest BCUT2D eigenvalue weighted by molar-refractivity contribution is -0.170. The van der Waals surface area contributed by atoms with E-state index in [9.17, 15) is 9.90 Å². The molecule has 1 aliphatic rings. The van der Waals surface area contributed by atoms with Crippen molar-refractivity contribution < 1.29 is 14.6 Å². The van der Waals surface area contributed by atoms with Gasteiger partial charge in [0.05, 0.1) is 17.6 Å². The molecule has 3 heteroatoms. The summed E-state index contributed by atoms with van der Waals surface area (Å²) in [6, 6.07) is 0. The lowest BCUT2D eigenvalue weighted by Gasteiger charge is -2.37. The van der Waals surface area contributed by atoms with E-state index < -0.39 is 11.0 Å². The van der Waals surface area contributed by atoms with Gasteiger partial charge in [-0.15, -0.1) is 0 Å². The second-order valence-electron chi connectivity index (χ2n) is 5.23. The molecule has 2 atom stereocenters. The standard InChI is InChI=1S/C12H22O3/c1-5-15-10(13)11(3,4)12(14)7-6-9(2)8-12/h9,14H,5-8H2,1-4H3/t9-,12-/m1/s1. The summed E-state index contributed by atoms with van der Waals surface area (Å²) in [5.74, 6) is 0.199. The molecule has 0 spiro atoms. The van der Waals surface area contributed by atoms with Crippen molar-refractivity contribution in [2.75, 3.05) is 6.61 Å². The third-order valence-electron chi connectivity index (χ3n) is 3.69. The van der Waals surface area contributed by atoms with Crippen LogP contribution in [0.2, 0.25) is 0 Å². The summed E-state index contributed by atoms with van der Waals surface area (Å²) in [6.45, 7) is 7.83. The Morgan fingerprint density at radius 2 is 2.20 bits per heavy atom. The Balaban J connectivity index is 2.80. The van der Waals surface area contributed by atoms with Gasteiger partial charge in [0.1, 0.15) is 0 Å². The first-order chi connectivity index (χ1) is 6.83. The molecule has 0 amide bonds. The van der Waals surface area contributed by atoms with Gasteiger partial charge in [-0.05, 0) is 46.0 Å². The molecule has 0 aromatic rings. The molecule has 88 valence electrons. The summed E-state index contributed by atoms with van der Waals surface area (Å²) in [5.41, 5.74) is -1.69. The van der Waals surface area contributed by atoms with E-state index >= 15 is 0 Å². The average molecular weight is 214 g/mol. The third kappa shape index (κ3) is 2.17. The van der Waals surface area contributed by atoms with E-state index in [1.54, 1.807) is 20.8 Å². The molecule has 0 heterocycles. The molecule has 0 bridgehead atoms. The third-order valence-corrected chi connectivity index (χ3v) is 3.69. The van der Waals surface area contributed by atoms with Gasteiger partial charge in [0.15, 0.2) is 0 Å². The molecular formula is C12H22O3. The zero-order chi connectivity index (χ0) is 11.7. The maximum absolute atomic E-state index is 11.8. The van der Waals surface area contributed by atoms with Gasteiger partial charge in [0.2, 0.25) is 0 Å². The first kappa shape index (κ1) is 12.5. The highest BCUT2D eigenvalue weighted by Crippen LogP contribution is 2.46. The van der Waals surface area contributed by atoms with Gasteiger partial charge in [0, 0.05) is 0 Å². The summed E-state index contributed by atoms with van der Waals surface area (Å²) in [5, 5.41) is 10.5. The fourth-order valence-corrected chi connectivity index (χ4v) is 2.33. The first-order valence-electron chi connectivity index (χ1n) is 5.73. The monoisotopic (exact) mass is 214 g/mol. The number of carbonyl (C=O) groups is 1. The molecule has 1 N–H and O–H groups in total. The molecule has 1 saturated carbocycles. The molecule has 0 unspecified atom stereocenters. The zero-order valence-electron chi connectivity index (χ0n) is 10.2. The highest BCUT2D eigenvalue weighted by Gasteiger charge is 2.52. The Hall–Kier alpha value is -0.570. The minimum Gasteiger partial charge on any atom is -0.465 e. The van der Waals surface area contributed by atoms with Gasteiger partial charge in [-0.1, -0.05) is 6.92 Å². The predicted molar refractivity (Wildman–Crippen MR) is 58.4 cm³/mol. The van der Waals surface area contributed by atoms with Crippen molar-refractivity contribution in [1.29, 1.82) is 0 Å².